The van der Waals surface area contributed by atoms with Crippen LogP contribution in [0.2, 0.25) is 5.02 Å². The second-order valence-electron chi connectivity index (χ2n) is 5.91. The van der Waals surface area contributed by atoms with E-state index in [0.717, 1.165) is 0 Å². The average Bonchev–Trinajstić information content (AvgIpc) is 2.67. The molecule has 1 heterocycles. The fourth-order valence-corrected chi connectivity index (χ4v) is 3.22. The van der Waals surface area contributed by atoms with E-state index in [4.69, 9.17) is 30.2 Å². The monoisotopic (exact) mass is 404 g/mol. The molecule has 28 heavy (non-hydrogen) atoms. The predicted octanol–water partition coefficient (Wildman–Crippen LogP) is 3.72. The number of phenols is 1. The van der Waals surface area contributed by atoms with Crippen molar-refractivity contribution in [2.75, 3.05) is 21.3 Å². The molecule has 7 nitrogen and oxygen atoms in total. The van der Waals surface area contributed by atoms with E-state index in [9.17, 15) is 14.7 Å². The summed E-state index contributed by atoms with van der Waals surface area (Å²) in [6.45, 7) is 1.69. The van der Waals surface area contributed by atoms with Gasteiger partial charge >= 0.3 is 5.63 Å². The first-order valence-corrected chi connectivity index (χ1v) is 8.51. The number of fused-ring (bicyclic) bond motifs is 1. The molecule has 0 saturated heterocycles. The zero-order valence-corrected chi connectivity index (χ0v) is 16.3. The van der Waals surface area contributed by atoms with Crippen LogP contribution in [0.5, 0.6) is 23.0 Å². The summed E-state index contributed by atoms with van der Waals surface area (Å²) in [7, 11) is 4.17. The predicted molar refractivity (Wildman–Crippen MR) is 103 cm³/mol. The van der Waals surface area contributed by atoms with Crippen LogP contribution in [-0.2, 0) is 0 Å². The van der Waals surface area contributed by atoms with Crippen molar-refractivity contribution in [2.45, 2.75) is 6.92 Å². The lowest BCUT2D eigenvalue weighted by atomic mass is 9.96. The van der Waals surface area contributed by atoms with Gasteiger partial charge in [0.1, 0.15) is 34.1 Å². The molecule has 0 atom stereocenters. The minimum Gasteiger partial charge on any atom is -0.505 e. The van der Waals surface area contributed by atoms with E-state index in [2.05, 4.69) is 0 Å². The molecule has 1 N–H and O–H groups in total. The Morgan fingerprint density at radius 1 is 1.00 bits per heavy atom. The number of aryl methyl sites for hydroxylation is 1. The molecule has 0 bridgehead atoms. The van der Waals surface area contributed by atoms with Crippen LogP contribution in [0.3, 0.4) is 0 Å². The molecule has 146 valence electrons. The van der Waals surface area contributed by atoms with Gasteiger partial charge in [-0.1, -0.05) is 11.6 Å². The Morgan fingerprint density at radius 3 is 2.25 bits per heavy atom. The van der Waals surface area contributed by atoms with Crippen LogP contribution in [0.1, 0.15) is 21.5 Å². The molecular weight excluding hydrogens is 388 g/mol. The largest absolute Gasteiger partial charge is 0.505 e. The molecule has 0 fully saturated rings. The third-order valence-corrected chi connectivity index (χ3v) is 4.65. The molecule has 0 aliphatic heterocycles. The lowest BCUT2D eigenvalue weighted by Gasteiger charge is -2.16. The molecule has 0 aliphatic carbocycles. The Balaban J connectivity index is 2.46. The fourth-order valence-electron chi connectivity index (χ4n) is 3.07. The fraction of sp³-hybridized carbons (Fsp3) is 0.200. The number of carbonyl (C=O) groups is 1. The minimum atomic E-state index is -0.685. The molecule has 3 aromatic rings. The average molecular weight is 405 g/mol. The maximum Gasteiger partial charge on any atom is 0.336 e. The molecular formula is C20H17ClO7. The number of rotatable bonds is 5. The van der Waals surface area contributed by atoms with Gasteiger partial charge in [0.25, 0.3) is 0 Å². The van der Waals surface area contributed by atoms with Crippen molar-refractivity contribution in [3.8, 4) is 23.0 Å². The van der Waals surface area contributed by atoms with Crippen LogP contribution in [0.25, 0.3) is 11.0 Å². The van der Waals surface area contributed by atoms with Crippen molar-refractivity contribution in [1.29, 1.82) is 0 Å². The van der Waals surface area contributed by atoms with Gasteiger partial charge in [-0.3, -0.25) is 4.79 Å². The van der Waals surface area contributed by atoms with E-state index < -0.39 is 17.2 Å². The van der Waals surface area contributed by atoms with Gasteiger partial charge in [-0.2, -0.15) is 0 Å². The van der Waals surface area contributed by atoms with E-state index in [1.165, 1.54) is 45.6 Å². The van der Waals surface area contributed by atoms with E-state index in [0.29, 0.717) is 16.7 Å². The Morgan fingerprint density at radius 2 is 1.64 bits per heavy atom. The summed E-state index contributed by atoms with van der Waals surface area (Å²) in [5.74, 6) is -0.563. The highest BCUT2D eigenvalue weighted by Gasteiger charge is 2.29. The summed E-state index contributed by atoms with van der Waals surface area (Å²) in [4.78, 5) is 25.4. The van der Waals surface area contributed by atoms with Crippen LogP contribution in [0.4, 0.5) is 0 Å². The first kappa shape index (κ1) is 19.6. The Bertz CT molecular complexity index is 1150. The van der Waals surface area contributed by atoms with Crippen LogP contribution in [0, 0.1) is 6.92 Å². The van der Waals surface area contributed by atoms with Gasteiger partial charge < -0.3 is 23.7 Å². The van der Waals surface area contributed by atoms with E-state index in [1.807, 2.05) is 0 Å². The minimum absolute atomic E-state index is 0.0207. The smallest absolute Gasteiger partial charge is 0.336 e. The second kappa shape index (κ2) is 7.44. The van der Waals surface area contributed by atoms with Crippen molar-refractivity contribution >= 4 is 28.4 Å². The third kappa shape index (κ3) is 3.03. The van der Waals surface area contributed by atoms with Gasteiger partial charge in [-0.15, -0.1) is 0 Å². The molecule has 0 unspecified atom stereocenters. The molecule has 0 aliphatic rings. The van der Waals surface area contributed by atoms with Gasteiger partial charge in [0, 0.05) is 12.1 Å². The van der Waals surface area contributed by atoms with Crippen LogP contribution >= 0.6 is 11.6 Å². The Labute approximate surface area is 165 Å². The maximum absolute atomic E-state index is 13.4. The van der Waals surface area contributed by atoms with Gasteiger partial charge in [-0.05, 0) is 24.6 Å². The van der Waals surface area contributed by atoms with E-state index in [-0.39, 0.29) is 33.2 Å². The number of halogens is 1. The highest BCUT2D eigenvalue weighted by molar-refractivity contribution is 6.33. The van der Waals surface area contributed by atoms with E-state index >= 15 is 0 Å². The van der Waals surface area contributed by atoms with Gasteiger partial charge in [0.15, 0.2) is 5.58 Å². The highest BCUT2D eigenvalue weighted by Crippen LogP contribution is 2.42. The maximum atomic E-state index is 13.4. The SMILES string of the molecule is COc1ccc(Cl)c(O)c1C(=O)c1c(OC)cc(OC)c2c(C)cc(=O)oc12. The highest BCUT2D eigenvalue weighted by atomic mass is 35.5. The summed E-state index contributed by atoms with van der Waals surface area (Å²) in [6, 6.07) is 5.66. The molecule has 1 aromatic heterocycles. The summed E-state index contributed by atoms with van der Waals surface area (Å²) < 4.78 is 21.3. The van der Waals surface area contributed by atoms with Crippen molar-refractivity contribution in [1.82, 2.24) is 0 Å². The second-order valence-corrected chi connectivity index (χ2v) is 6.32. The van der Waals surface area contributed by atoms with Gasteiger partial charge in [0.2, 0.25) is 5.78 Å². The number of aromatic hydroxyl groups is 1. The van der Waals surface area contributed by atoms with Crippen LogP contribution in [0.15, 0.2) is 33.5 Å². The van der Waals surface area contributed by atoms with Crippen molar-refractivity contribution in [2.24, 2.45) is 0 Å². The summed E-state index contributed by atoms with van der Waals surface area (Å²) in [5.41, 5.74) is -0.342. The summed E-state index contributed by atoms with van der Waals surface area (Å²) >= 11 is 5.98. The number of benzene rings is 2. The number of hydrogen-bond donors (Lipinski definition) is 1. The number of ether oxygens (including phenoxy) is 3. The molecule has 0 saturated carbocycles. The lowest BCUT2D eigenvalue weighted by Crippen LogP contribution is -2.10. The molecule has 0 spiro atoms. The van der Waals surface area contributed by atoms with Crippen molar-refractivity contribution in [3.05, 3.63) is 56.4 Å². The summed E-state index contributed by atoms with van der Waals surface area (Å²) in [5, 5.41) is 10.8. The number of ketones is 1. The Kier molecular flexibility index (Phi) is 5.20. The molecule has 0 amide bonds. The summed E-state index contributed by atoms with van der Waals surface area (Å²) in [6.07, 6.45) is 0. The first-order chi connectivity index (χ1) is 13.3. The van der Waals surface area contributed by atoms with Crippen LogP contribution in [-0.4, -0.2) is 32.2 Å². The molecule has 0 radical (unpaired) electrons. The molecule has 2 aromatic carbocycles. The van der Waals surface area contributed by atoms with Gasteiger partial charge in [0.05, 0.1) is 31.7 Å². The quantitative estimate of drug-likeness (QED) is 0.511. The number of hydrogen-bond acceptors (Lipinski definition) is 7. The number of phenolic OH excluding ortho intramolecular Hbond substituents is 1. The molecule has 3 rings (SSSR count). The first-order valence-electron chi connectivity index (χ1n) is 8.13. The molecule has 8 heteroatoms. The zero-order chi connectivity index (χ0) is 20.6. The van der Waals surface area contributed by atoms with Crippen molar-refractivity contribution in [3.63, 3.8) is 0 Å². The third-order valence-electron chi connectivity index (χ3n) is 4.34. The topological polar surface area (TPSA) is 95.2 Å². The standard InChI is InChI=1S/C20H17ClO7/c1-9-7-14(22)28-20-15(9)12(26-3)8-13(27-4)17(20)19(24)16-11(25-2)6-5-10(21)18(16)23/h5-8,23H,1-4H3. The van der Waals surface area contributed by atoms with Crippen molar-refractivity contribution < 1.29 is 28.5 Å². The Hall–Kier alpha value is -3.19. The van der Waals surface area contributed by atoms with Gasteiger partial charge in [-0.25, -0.2) is 4.79 Å². The normalized spacial score (nSPS) is 10.8. The zero-order valence-electron chi connectivity index (χ0n) is 15.6. The van der Waals surface area contributed by atoms with Crippen LogP contribution < -0.4 is 19.8 Å². The number of carbonyl (C=O) groups excluding carboxylic acids is 1. The lowest BCUT2D eigenvalue weighted by molar-refractivity contribution is 0.103. The van der Waals surface area contributed by atoms with E-state index in [1.54, 1.807) is 6.92 Å². The number of methoxy groups -OCH3 is 3.